The molecule has 1 aliphatic carbocycles. The van der Waals surface area contributed by atoms with Crippen molar-refractivity contribution in [3.8, 4) is 0 Å². The number of hydrogen-bond donors (Lipinski definition) is 1. The fourth-order valence-corrected chi connectivity index (χ4v) is 1.20. The summed E-state index contributed by atoms with van der Waals surface area (Å²) in [6, 6.07) is 7.31. The third kappa shape index (κ3) is 1.69. The first-order chi connectivity index (χ1) is 5.75. The van der Waals surface area contributed by atoms with Crippen molar-refractivity contribution in [1.29, 1.82) is 0 Å². The predicted octanol–water partition coefficient (Wildman–Crippen LogP) is 2.86. The highest BCUT2D eigenvalue weighted by molar-refractivity contribution is 6.30. The first kappa shape index (κ1) is 7.87. The van der Waals surface area contributed by atoms with Gasteiger partial charge in [0.25, 0.3) is 0 Å². The molecule has 1 saturated carbocycles. The Balaban J connectivity index is 2.00. The quantitative estimate of drug-likeness (QED) is 0.747. The zero-order chi connectivity index (χ0) is 8.55. The van der Waals surface area contributed by atoms with E-state index in [2.05, 4.69) is 5.32 Å². The van der Waals surface area contributed by atoms with Gasteiger partial charge in [-0.1, -0.05) is 11.6 Å². The maximum atomic E-state index is 12.5. The van der Waals surface area contributed by atoms with E-state index in [-0.39, 0.29) is 6.04 Å². The standard InChI is InChI=1S/C9H9ClFN/c10-6-1-3-7(4-2-6)12-9-5-8(9)11/h1-4,8-9,12H,5H2/t8-,9+/m0/s1. The van der Waals surface area contributed by atoms with Crippen LogP contribution in [0.5, 0.6) is 0 Å². The molecule has 0 aromatic heterocycles. The molecule has 0 heterocycles. The molecule has 0 unspecified atom stereocenters. The van der Waals surface area contributed by atoms with Crippen LogP contribution < -0.4 is 5.32 Å². The van der Waals surface area contributed by atoms with E-state index < -0.39 is 6.17 Å². The molecule has 1 N–H and O–H groups in total. The first-order valence-corrected chi connectivity index (χ1v) is 4.30. The van der Waals surface area contributed by atoms with Crippen molar-refractivity contribution >= 4 is 17.3 Å². The van der Waals surface area contributed by atoms with Gasteiger partial charge < -0.3 is 5.32 Å². The van der Waals surface area contributed by atoms with Crippen LogP contribution in [0.25, 0.3) is 0 Å². The SMILES string of the molecule is F[C@H]1C[C@H]1Nc1ccc(Cl)cc1. The molecule has 2 atom stereocenters. The highest BCUT2D eigenvalue weighted by Gasteiger charge is 2.37. The van der Waals surface area contributed by atoms with Gasteiger partial charge in [-0.15, -0.1) is 0 Å². The van der Waals surface area contributed by atoms with Crippen molar-refractivity contribution in [3.63, 3.8) is 0 Å². The number of nitrogens with one attached hydrogen (secondary N) is 1. The van der Waals surface area contributed by atoms with Gasteiger partial charge in [-0.2, -0.15) is 0 Å². The fourth-order valence-electron chi connectivity index (χ4n) is 1.07. The van der Waals surface area contributed by atoms with Crippen LogP contribution >= 0.6 is 11.6 Å². The number of benzene rings is 1. The van der Waals surface area contributed by atoms with Crippen LogP contribution in [0.3, 0.4) is 0 Å². The Labute approximate surface area is 75.5 Å². The lowest BCUT2D eigenvalue weighted by molar-refractivity contribution is 0.472. The van der Waals surface area contributed by atoms with E-state index in [1.54, 1.807) is 12.1 Å². The van der Waals surface area contributed by atoms with Crippen LogP contribution in [-0.4, -0.2) is 12.2 Å². The van der Waals surface area contributed by atoms with Crippen LogP contribution in [0.1, 0.15) is 6.42 Å². The molecule has 2 rings (SSSR count). The maximum Gasteiger partial charge on any atom is 0.122 e. The van der Waals surface area contributed by atoms with Crippen molar-refractivity contribution < 1.29 is 4.39 Å². The highest BCUT2D eigenvalue weighted by atomic mass is 35.5. The Morgan fingerprint density at radius 1 is 1.33 bits per heavy atom. The minimum Gasteiger partial charge on any atom is -0.379 e. The molecule has 1 fully saturated rings. The van der Waals surface area contributed by atoms with Crippen LogP contribution in [0, 0.1) is 0 Å². The molecule has 1 aromatic rings. The summed E-state index contributed by atoms with van der Waals surface area (Å²) in [5.74, 6) is 0. The van der Waals surface area contributed by atoms with Crippen LogP contribution in [0.2, 0.25) is 5.02 Å². The fraction of sp³-hybridized carbons (Fsp3) is 0.333. The zero-order valence-corrected chi connectivity index (χ0v) is 7.18. The van der Waals surface area contributed by atoms with Crippen LogP contribution in [-0.2, 0) is 0 Å². The van der Waals surface area contributed by atoms with Gasteiger partial charge in [-0.25, -0.2) is 4.39 Å². The molecular weight excluding hydrogens is 177 g/mol. The summed E-state index contributed by atoms with van der Waals surface area (Å²) in [6.07, 6.45) is -0.0384. The van der Waals surface area contributed by atoms with Crippen molar-refractivity contribution in [3.05, 3.63) is 29.3 Å². The van der Waals surface area contributed by atoms with E-state index in [0.717, 1.165) is 5.69 Å². The molecule has 0 saturated heterocycles. The summed E-state index contributed by atoms with van der Waals surface area (Å²) in [5, 5.41) is 3.76. The molecule has 64 valence electrons. The topological polar surface area (TPSA) is 12.0 Å². The molecule has 1 nitrogen and oxygen atoms in total. The summed E-state index contributed by atoms with van der Waals surface area (Å²) >= 11 is 5.69. The normalized spacial score (nSPS) is 26.8. The van der Waals surface area contributed by atoms with E-state index >= 15 is 0 Å². The molecule has 1 aromatic carbocycles. The largest absolute Gasteiger partial charge is 0.379 e. The summed E-state index contributed by atoms with van der Waals surface area (Å²) in [4.78, 5) is 0. The molecule has 0 spiro atoms. The number of halogens is 2. The van der Waals surface area contributed by atoms with Gasteiger partial charge in [-0.3, -0.25) is 0 Å². The molecule has 1 aliphatic rings. The number of hydrogen-bond acceptors (Lipinski definition) is 1. The van der Waals surface area contributed by atoms with Gasteiger partial charge in [0.1, 0.15) is 6.17 Å². The predicted molar refractivity (Wildman–Crippen MR) is 48.4 cm³/mol. The number of alkyl halides is 1. The Bertz CT molecular complexity index is 272. The summed E-state index contributed by atoms with van der Waals surface area (Å²) in [5.41, 5.74) is 0.935. The van der Waals surface area contributed by atoms with E-state index in [9.17, 15) is 4.39 Å². The second-order valence-corrected chi connectivity index (χ2v) is 3.45. The molecular formula is C9H9ClFN. The highest BCUT2D eigenvalue weighted by Crippen LogP contribution is 2.29. The molecule has 0 amide bonds. The van der Waals surface area contributed by atoms with Crippen molar-refractivity contribution in [2.45, 2.75) is 18.6 Å². The monoisotopic (exact) mass is 185 g/mol. The summed E-state index contributed by atoms with van der Waals surface area (Å²) in [6.45, 7) is 0. The lowest BCUT2D eigenvalue weighted by Crippen LogP contribution is -2.03. The van der Waals surface area contributed by atoms with Crippen LogP contribution in [0.15, 0.2) is 24.3 Å². The lowest BCUT2D eigenvalue weighted by Gasteiger charge is -2.02. The number of rotatable bonds is 2. The average molecular weight is 186 g/mol. The van der Waals surface area contributed by atoms with Crippen LogP contribution in [0.4, 0.5) is 10.1 Å². The zero-order valence-electron chi connectivity index (χ0n) is 6.43. The van der Waals surface area contributed by atoms with Gasteiger partial charge in [0.05, 0.1) is 6.04 Å². The lowest BCUT2D eigenvalue weighted by atomic mass is 10.3. The van der Waals surface area contributed by atoms with Crippen molar-refractivity contribution in [2.75, 3.05) is 5.32 Å². The second kappa shape index (κ2) is 2.94. The Morgan fingerprint density at radius 3 is 2.42 bits per heavy atom. The third-order valence-corrected chi connectivity index (χ3v) is 2.16. The van der Waals surface area contributed by atoms with Gasteiger partial charge >= 0.3 is 0 Å². The molecule has 3 heteroatoms. The average Bonchev–Trinajstić information content (AvgIpc) is 2.72. The summed E-state index contributed by atoms with van der Waals surface area (Å²) < 4.78 is 12.5. The van der Waals surface area contributed by atoms with E-state index in [1.165, 1.54) is 0 Å². The van der Waals surface area contributed by atoms with Crippen molar-refractivity contribution in [1.82, 2.24) is 0 Å². The number of anilines is 1. The minimum atomic E-state index is -0.666. The maximum absolute atomic E-state index is 12.5. The van der Waals surface area contributed by atoms with E-state index in [0.29, 0.717) is 11.4 Å². The second-order valence-electron chi connectivity index (χ2n) is 3.01. The first-order valence-electron chi connectivity index (χ1n) is 3.92. The third-order valence-electron chi connectivity index (χ3n) is 1.91. The van der Waals surface area contributed by atoms with Crippen molar-refractivity contribution in [2.24, 2.45) is 0 Å². The van der Waals surface area contributed by atoms with Gasteiger partial charge in [0.2, 0.25) is 0 Å². The van der Waals surface area contributed by atoms with E-state index in [1.807, 2.05) is 12.1 Å². The molecule has 0 aliphatic heterocycles. The van der Waals surface area contributed by atoms with Gasteiger partial charge in [0.15, 0.2) is 0 Å². The Kier molecular flexibility index (Phi) is 1.93. The molecule has 12 heavy (non-hydrogen) atoms. The summed E-state index contributed by atoms with van der Waals surface area (Å²) in [7, 11) is 0. The molecule has 0 bridgehead atoms. The smallest absolute Gasteiger partial charge is 0.122 e. The van der Waals surface area contributed by atoms with Gasteiger partial charge in [-0.05, 0) is 24.3 Å². The molecule has 0 radical (unpaired) electrons. The van der Waals surface area contributed by atoms with Gasteiger partial charge in [0, 0.05) is 17.1 Å². The Hall–Kier alpha value is -0.760. The minimum absolute atomic E-state index is 0.0196. The Morgan fingerprint density at radius 2 is 1.92 bits per heavy atom. The van der Waals surface area contributed by atoms with E-state index in [4.69, 9.17) is 11.6 Å².